The third kappa shape index (κ3) is 6.99. The Morgan fingerprint density at radius 3 is 2.27 bits per heavy atom. The highest BCUT2D eigenvalue weighted by molar-refractivity contribution is 6.32. The van der Waals surface area contributed by atoms with Gasteiger partial charge in [0.15, 0.2) is 0 Å². The van der Waals surface area contributed by atoms with Crippen molar-refractivity contribution in [1.82, 2.24) is 9.80 Å². The van der Waals surface area contributed by atoms with Gasteiger partial charge in [-0.25, -0.2) is 0 Å². The number of rotatable bonds is 7. The highest BCUT2D eigenvalue weighted by atomic mass is 35.5. The van der Waals surface area contributed by atoms with Gasteiger partial charge in [-0.3, -0.25) is 14.6 Å². The Morgan fingerprint density at radius 1 is 1.00 bits per heavy atom. The summed E-state index contributed by atoms with van der Waals surface area (Å²) in [5, 5.41) is 3.23. The number of benzene rings is 2. The van der Waals surface area contributed by atoms with Gasteiger partial charge in [0.1, 0.15) is 11.5 Å². The van der Waals surface area contributed by atoms with Gasteiger partial charge in [0, 0.05) is 31.8 Å². The molecule has 33 heavy (non-hydrogen) atoms. The van der Waals surface area contributed by atoms with Crippen molar-refractivity contribution in [3.63, 3.8) is 0 Å². The van der Waals surface area contributed by atoms with Crippen LogP contribution in [0.5, 0.6) is 11.5 Å². The Labute approximate surface area is 196 Å². The zero-order valence-corrected chi connectivity index (χ0v) is 19.3. The largest absolute Gasteiger partial charge is 0.495 e. The number of halogens is 4. The van der Waals surface area contributed by atoms with Crippen molar-refractivity contribution in [1.29, 1.82) is 0 Å². The van der Waals surface area contributed by atoms with E-state index in [2.05, 4.69) is 15.1 Å². The number of nitrogens with zero attached hydrogens (tertiary/aromatic N) is 2. The standard InChI is InChI=1S/C23H27ClF3N3O3/c1-32-20-13-19(21(33-2)12-18(20)24)28-22(31)15-30-9-3-8-29(10-11-30)14-16-4-6-17(7-5-16)23(25,26)27/h4-7,12-13H,3,8-11,14-15H2,1-2H3,(H,28,31). The summed E-state index contributed by atoms with van der Waals surface area (Å²) in [7, 11) is 2.99. The number of hydrogen-bond donors (Lipinski definition) is 1. The van der Waals surface area contributed by atoms with Gasteiger partial charge >= 0.3 is 6.18 Å². The van der Waals surface area contributed by atoms with Crippen molar-refractivity contribution in [2.75, 3.05) is 52.3 Å². The number of anilines is 1. The minimum Gasteiger partial charge on any atom is -0.495 e. The summed E-state index contributed by atoms with van der Waals surface area (Å²) in [5.74, 6) is 0.683. The Morgan fingerprint density at radius 2 is 1.64 bits per heavy atom. The van der Waals surface area contributed by atoms with E-state index in [9.17, 15) is 18.0 Å². The number of amides is 1. The Bertz CT molecular complexity index is 954. The first-order valence-corrected chi connectivity index (χ1v) is 10.9. The number of hydrogen-bond acceptors (Lipinski definition) is 5. The average molecular weight is 486 g/mol. The average Bonchev–Trinajstić information content (AvgIpc) is 2.99. The SMILES string of the molecule is COc1cc(NC(=O)CN2CCCN(Cc3ccc(C(F)(F)F)cc3)CC2)c(OC)cc1Cl. The van der Waals surface area contributed by atoms with Crippen LogP contribution in [0.15, 0.2) is 36.4 Å². The minimum atomic E-state index is -4.33. The number of carbonyl (C=O) groups excluding carboxylic acids is 1. The highest BCUT2D eigenvalue weighted by Crippen LogP contribution is 2.36. The predicted molar refractivity (Wildman–Crippen MR) is 121 cm³/mol. The maximum Gasteiger partial charge on any atom is 0.416 e. The second-order valence-corrected chi connectivity index (χ2v) is 8.24. The molecule has 0 spiro atoms. The van der Waals surface area contributed by atoms with Gasteiger partial charge < -0.3 is 14.8 Å². The van der Waals surface area contributed by atoms with Gasteiger partial charge in [-0.2, -0.15) is 13.2 Å². The molecule has 180 valence electrons. The zero-order valence-electron chi connectivity index (χ0n) is 18.5. The van der Waals surface area contributed by atoms with Crippen LogP contribution in [0.1, 0.15) is 17.5 Å². The summed E-state index contributed by atoms with van der Waals surface area (Å²) in [5.41, 5.74) is 0.662. The lowest BCUT2D eigenvalue weighted by molar-refractivity contribution is -0.137. The van der Waals surface area contributed by atoms with Gasteiger partial charge in [-0.05, 0) is 37.2 Å². The Kier molecular flexibility index (Phi) is 8.45. The van der Waals surface area contributed by atoms with Crippen LogP contribution in [0, 0.1) is 0 Å². The molecule has 1 heterocycles. The molecule has 10 heteroatoms. The monoisotopic (exact) mass is 485 g/mol. The van der Waals surface area contributed by atoms with Crippen molar-refractivity contribution in [2.45, 2.75) is 19.1 Å². The number of methoxy groups -OCH3 is 2. The smallest absolute Gasteiger partial charge is 0.416 e. The molecule has 0 bridgehead atoms. The summed E-state index contributed by atoms with van der Waals surface area (Å²) < 4.78 is 48.7. The first-order valence-electron chi connectivity index (χ1n) is 10.5. The van der Waals surface area contributed by atoms with E-state index in [-0.39, 0.29) is 12.5 Å². The Balaban J connectivity index is 1.53. The minimum absolute atomic E-state index is 0.186. The van der Waals surface area contributed by atoms with Crippen molar-refractivity contribution in [3.8, 4) is 11.5 Å². The van der Waals surface area contributed by atoms with Gasteiger partial charge in [-0.15, -0.1) is 0 Å². The molecule has 1 aliphatic rings. The molecule has 6 nitrogen and oxygen atoms in total. The number of carbonyl (C=O) groups is 1. The van der Waals surface area contributed by atoms with Crippen LogP contribution in [0.4, 0.5) is 18.9 Å². The fourth-order valence-corrected chi connectivity index (χ4v) is 3.98. The predicted octanol–water partition coefficient (Wildman–Crippen LogP) is 4.52. The zero-order chi connectivity index (χ0) is 24.0. The second-order valence-electron chi connectivity index (χ2n) is 7.84. The summed E-state index contributed by atoms with van der Waals surface area (Å²) in [6, 6.07) is 8.47. The van der Waals surface area contributed by atoms with Crippen molar-refractivity contribution in [2.24, 2.45) is 0 Å². The summed E-state index contributed by atoms with van der Waals surface area (Å²) in [6.45, 7) is 3.73. The quantitative estimate of drug-likeness (QED) is 0.625. The van der Waals surface area contributed by atoms with Crippen LogP contribution in [0.3, 0.4) is 0 Å². The number of alkyl halides is 3. The second kappa shape index (κ2) is 11.1. The number of ether oxygens (including phenoxy) is 2. The van der Waals surface area contributed by atoms with E-state index in [4.69, 9.17) is 21.1 Å². The summed E-state index contributed by atoms with van der Waals surface area (Å²) >= 11 is 6.11. The van der Waals surface area contributed by atoms with E-state index < -0.39 is 11.7 Å². The van der Waals surface area contributed by atoms with Crippen LogP contribution >= 0.6 is 11.6 Å². The van der Waals surface area contributed by atoms with E-state index in [0.717, 1.165) is 37.2 Å². The van der Waals surface area contributed by atoms with Crippen LogP contribution in [0.25, 0.3) is 0 Å². The maximum absolute atomic E-state index is 12.7. The molecule has 3 rings (SSSR count). The van der Waals surface area contributed by atoms with E-state index >= 15 is 0 Å². The molecular weight excluding hydrogens is 459 g/mol. The third-order valence-corrected chi connectivity index (χ3v) is 5.78. The molecule has 2 aromatic carbocycles. The molecule has 2 aromatic rings. The van der Waals surface area contributed by atoms with Crippen LogP contribution in [0.2, 0.25) is 5.02 Å². The number of nitrogens with one attached hydrogen (secondary N) is 1. The fourth-order valence-electron chi connectivity index (χ4n) is 3.75. The summed E-state index contributed by atoms with van der Waals surface area (Å²) in [6.07, 6.45) is -3.48. The lowest BCUT2D eigenvalue weighted by Gasteiger charge is -2.22. The molecule has 0 atom stereocenters. The van der Waals surface area contributed by atoms with Crippen LogP contribution in [-0.4, -0.2) is 62.7 Å². The molecule has 1 aliphatic heterocycles. The van der Waals surface area contributed by atoms with Gasteiger partial charge in [-0.1, -0.05) is 23.7 Å². The molecule has 0 radical (unpaired) electrons. The van der Waals surface area contributed by atoms with Crippen molar-refractivity contribution >= 4 is 23.2 Å². The molecular formula is C23H27ClF3N3O3. The molecule has 0 aliphatic carbocycles. The van der Waals surface area contributed by atoms with E-state index in [1.54, 1.807) is 12.1 Å². The molecule has 0 saturated carbocycles. The lowest BCUT2D eigenvalue weighted by Crippen LogP contribution is -2.36. The van der Waals surface area contributed by atoms with Crippen LogP contribution in [-0.2, 0) is 17.5 Å². The molecule has 0 aromatic heterocycles. The Hall–Kier alpha value is -2.49. The van der Waals surface area contributed by atoms with Crippen molar-refractivity contribution in [3.05, 3.63) is 52.5 Å². The van der Waals surface area contributed by atoms with E-state index in [0.29, 0.717) is 41.8 Å². The molecule has 1 fully saturated rings. The van der Waals surface area contributed by atoms with Gasteiger partial charge in [0.25, 0.3) is 0 Å². The van der Waals surface area contributed by atoms with Gasteiger partial charge in [0.2, 0.25) is 5.91 Å². The molecule has 1 N–H and O–H groups in total. The first kappa shape index (κ1) is 25.1. The molecule has 0 unspecified atom stereocenters. The van der Waals surface area contributed by atoms with E-state index in [1.807, 2.05) is 0 Å². The summed E-state index contributed by atoms with van der Waals surface area (Å²) in [4.78, 5) is 16.9. The fraction of sp³-hybridized carbons (Fsp3) is 0.435. The molecule has 1 amide bonds. The van der Waals surface area contributed by atoms with E-state index in [1.165, 1.54) is 26.4 Å². The van der Waals surface area contributed by atoms with Crippen LogP contribution < -0.4 is 14.8 Å². The third-order valence-electron chi connectivity index (χ3n) is 5.48. The maximum atomic E-state index is 12.7. The first-order chi connectivity index (χ1) is 15.7. The highest BCUT2D eigenvalue weighted by Gasteiger charge is 2.30. The normalized spacial score (nSPS) is 15.7. The van der Waals surface area contributed by atoms with Gasteiger partial charge in [0.05, 0.1) is 37.0 Å². The van der Waals surface area contributed by atoms with Crippen molar-refractivity contribution < 1.29 is 27.4 Å². The topological polar surface area (TPSA) is 54.0 Å². The molecule has 1 saturated heterocycles. The lowest BCUT2D eigenvalue weighted by atomic mass is 10.1.